The summed E-state index contributed by atoms with van der Waals surface area (Å²) in [6.45, 7) is 3.94. The monoisotopic (exact) mass is 343 g/mol. The smallest absolute Gasteiger partial charge is 0.307 e. The van der Waals surface area contributed by atoms with E-state index in [-0.39, 0.29) is 5.97 Å². The number of benzene rings is 2. The van der Waals surface area contributed by atoms with Gasteiger partial charge in [-0.25, -0.2) is 0 Å². The molecule has 0 aliphatic heterocycles. The Hall–Kier alpha value is -2.53. The third-order valence-corrected chi connectivity index (χ3v) is 3.61. The van der Waals surface area contributed by atoms with Crippen molar-refractivity contribution >= 4 is 5.97 Å². The van der Waals surface area contributed by atoms with Crippen LogP contribution in [0.5, 0.6) is 11.5 Å². The maximum atomic E-state index is 11.3. The molecule has 0 unspecified atom stereocenters. The largest absolute Gasteiger partial charge is 0.493 e. The highest BCUT2D eigenvalue weighted by molar-refractivity contribution is 5.69. The molecule has 0 amide bonds. The second kappa shape index (κ2) is 10.4. The summed E-state index contributed by atoms with van der Waals surface area (Å²) in [4.78, 5) is 11.3. The fourth-order valence-electron chi connectivity index (χ4n) is 2.33. The number of methoxy groups -OCH3 is 1. The molecule has 0 aromatic heterocycles. The fraction of sp³-hybridized carbons (Fsp3) is 0.350. The molecule has 0 aliphatic rings. The average molecular weight is 343 g/mol. The molecule has 134 valence electrons. The Labute approximate surface area is 148 Å². The van der Waals surface area contributed by atoms with Gasteiger partial charge in [-0.1, -0.05) is 36.4 Å². The Morgan fingerprint density at radius 3 is 2.56 bits per heavy atom. The molecule has 1 N–H and O–H groups in total. The van der Waals surface area contributed by atoms with E-state index in [1.165, 1.54) is 0 Å². The summed E-state index contributed by atoms with van der Waals surface area (Å²) in [7, 11) is 1.63. The highest BCUT2D eigenvalue weighted by atomic mass is 16.5. The number of hydrogen-bond acceptors (Lipinski definition) is 5. The first kappa shape index (κ1) is 18.8. The fourth-order valence-corrected chi connectivity index (χ4v) is 2.33. The highest BCUT2D eigenvalue weighted by Gasteiger charge is 2.07. The quantitative estimate of drug-likeness (QED) is 0.530. The Morgan fingerprint density at radius 2 is 1.84 bits per heavy atom. The molecule has 0 aliphatic carbocycles. The number of nitrogens with one attached hydrogen (secondary N) is 1. The lowest BCUT2D eigenvalue weighted by Gasteiger charge is -2.13. The molecule has 2 rings (SSSR count). The highest BCUT2D eigenvalue weighted by Crippen LogP contribution is 2.28. The maximum absolute atomic E-state index is 11.3. The molecule has 0 saturated heterocycles. The van der Waals surface area contributed by atoms with Crippen LogP contribution in [0.1, 0.15) is 24.5 Å². The molecule has 0 heterocycles. The van der Waals surface area contributed by atoms with Crippen molar-refractivity contribution < 1.29 is 19.0 Å². The first-order chi connectivity index (χ1) is 12.2. The van der Waals surface area contributed by atoms with Gasteiger partial charge in [-0.2, -0.15) is 0 Å². The summed E-state index contributed by atoms with van der Waals surface area (Å²) >= 11 is 0. The zero-order valence-corrected chi connectivity index (χ0v) is 14.8. The van der Waals surface area contributed by atoms with Crippen molar-refractivity contribution in [2.75, 3.05) is 20.3 Å². The van der Waals surface area contributed by atoms with Crippen LogP contribution in [0.4, 0.5) is 0 Å². The van der Waals surface area contributed by atoms with E-state index in [1.54, 1.807) is 14.0 Å². The molecule has 0 bridgehead atoms. The topological polar surface area (TPSA) is 56.8 Å². The lowest BCUT2D eigenvalue weighted by molar-refractivity contribution is -0.142. The number of ether oxygens (including phenoxy) is 3. The van der Waals surface area contributed by atoms with Crippen molar-refractivity contribution in [2.45, 2.75) is 26.5 Å². The van der Waals surface area contributed by atoms with Crippen LogP contribution < -0.4 is 14.8 Å². The molecule has 5 heteroatoms. The zero-order chi connectivity index (χ0) is 17.9. The van der Waals surface area contributed by atoms with Crippen LogP contribution in [0.3, 0.4) is 0 Å². The van der Waals surface area contributed by atoms with E-state index in [0.717, 1.165) is 11.1 Å². The van der Waals surface area contributed by atoms with Crippen molar-refractivity contribution in [3.05, 3.63) is 59.7 Å². The van der Waals surface area contributed by atoms with Gasteiger partial charge < -0.3 is 19.5 Å². The summed E-state index contributed by atoms with van der Waals surface area (Å²) in [6, 6.07) is 15.8. The second-order valence-corrected chi connectivity index (χ2v) is 5.49. The predicted molar refractivity (Wildman–Crippen MR) is 96.7 cm³/mol. The standard InChI is InChI=1S/C20H25NO4/c1-3-24-20(22)11-12-21-14-17-9-10-18(19(13-17)23-2)25-15-16-7-5-4-6-8-16/h4-10,13,21H,3,11-12,14-15H2,1-2H3. The van der Waals surface area contributed by atoms with Gasteiger partial charge in [0.05, 0.1) is 20.1 Å². The Balaban J connectivity index is 1.84. The van der Waals surface area contributed by atoms with Crippen LogP contribution in [-0.4, -0.2) is 26.2 Å². The van der Waals surface area contributed by atoms with Crippen molar-refractivity contribution in [3.63, 3.8) is 0 Å². The Morgan fingerprint density at radius 1 is 1.04 bits per heavy atom. The minimum absolute atomic E-state index is 0.183. The predicted octanol–water partition coefficient (Wildman–Crippen LogP) is 3.32. The van der Waals surface area contributed by atoms with Crippen LogP contribution in [0.25, 0.3) is 0 Å². The summed E-state index contributed by atoms with van der Waals surface area (Å²) < 4.78 is 16.2. The average Bonchev–Trinajstić information content (AvgIpc) is 2.65. The second-order valence-electron chi connectivity index (χ2n) is 5.49. The van der Waals surface area contributed by atoms with Crippen LogP contribution in [-0.2, 0) is 22.7 Å². The summed E-state index contributed by atoms with van der Waals surface area (Å²) in [5.41, 5.74) is 2.17. The van der Waals surface area contributed by atoms with E-state index >= 15 is 0 Å². The van der Waals surface area contributed by atoms with E-state index in [4.69, 9.17) is 14.2 Å². The molecule has 25 heavy (non-hydrogen) atoms. The lowest BCUT2D eigenvalue weighted by Crippen LogP contribution is -2.19. The van der Waals surface area contributed by atoms with E-state index in [1.807, 2.05) is 48.5 Å². The van der Waals surface area contributed by atoms with Crippen LogP contribution in [0.2, 0.25) is 0 Å². The summed E-state index contributed by atoms with van der Waals surface area (Å²) in [5, 5.41) is 3.22. The third-order valence-electron chi connectivity index (χ3n) is 3.61. The van der Waals surface area contributed by atoms with Crippen LogP contribution in [0, 0.1) is 0 Å². The van der Waals surface area contributed by atoms with Gasteiger partial charge in [0, 0.05) is 13.1 Å². The van der Waals surface area contributed by atoms with Gasteiger partial charge in [0.2, 0.25) is 0 Å². The molecule has 0 radical (unpaired) electrons. The van der Waals surface area contributed by atoms with E-state index in [2.05, 4.69) is 5.32 Å². The molecule has 0 saturated carbocycles. The normalized spacial score (nSPS) is 10.3. The van der Waals surface area contributed by atoms with Crippen LogP contribution >= 0.6 is 0 Å². The van der Waals surface area contributed by atoms with Crippen LogP contribution in [0.15, 0.2) is 48.5 Å². The summed E-state index contributed by atoms with van der Waals surface area (Å²) in [6.07, 6.45) is 0.364. The first-order valence-electron chi connectivity index (χ1n) is 8.43. The third kappa shape index (κ3) is 6.47. The first-order valence-corrected chi connectivity index (χ1v) is 8.43. The van der Waals surface area contributed by atoms with Crippen molar-refractivity contribution in [1.29, 1.82) is 0 Å². The minimum Gasteiger partial charge on any atom is -0.493 e. The van der Waals surface area contributed by atoms with Gasteiger partial charge in [-0.05, 0) is 30.2 Å². The minimum atomic E-state index is -0.183. The number of carbonyl (C=O) groups is 1. The molecule has 5 nitrogen and oxygen atoms in total. The molecule has 2 aromatic carbocycles. The molecule has 0 atom stereocenters. The number of hydrogen-bond donors (Lipinski definition) is 1. The zero-order valence-electron chi connectivity index (χ0n) is 14.8. The number of carbonyl (C=O) groups excluding carboxylic acids is 1. The lowest BCUT2D eigenvalue weighted by atomic mass is 10.2. The molecular formula is C20H25NO4. The molecule has 0 fully saturated rings. The maximum Gasteiger partial charge on any atom is 0.307 e. The van der Waals surface area contributed by atoms with Crippen molar-refractivity contribution in [2.24, 2.45) is 0 Å². The van der Waals surface area contributed by atoms with Gasteiger partial charge in [0.25, 0.3) is 0 Å². The van der Waals surface area contributed by atoms with E-state index in [9.17, 15) is 4.79 Å². The van der Waals surface area contributed by atoms with E-state index < -0.39 is 0 Å². The van der Waals surface area contributed by atoms with Gasteiger partial charge >= 0.3 is 5.97 Å². The Bertz CT molecular complexity index is 658. The SMILES string of the molecule is CCOC(=O)CCNCc1ccc(OCc2ccccc2)c(OC)c1. The van der Waals surface area contributed by atoms with Gasteiger partial charge in [0.1, 0.15) is 6.61 Å². The Kier molecular flexibility index (Phi) is 7.79. The van der Waals surface area contributed by atoms with Gasteiger partial charge in [-0.15, -0.1) is 0 Å². The summed E-state index contributed by atoms with van der Waals surface area (Å²) in [5.74, 6) is 1.22. The van der Waals surface area contributed by atoms with Gasteiger partial charge in [0.15, 0.2) is 11.5 Å². The molecule has 0 spiro atoms. The van der Waals surface area contributed by atoms with Crippen molar-refractivity contribution in [1.82, 2.24) is 5.32 Å². The number of rotatable bonds is 10. The molecular weight excluding hydrogens is 318 g/mol. The van der Waals surface area contributed by atoms with E-state index in [0.29, 0.717) is 44.2 Å². The number of esters is 1. The van der Waals surface area contributed by atoms with Gasteiger partial charge in [-0.3, -0.25) is 4.79 Å². The molecule has 2 aromatic rings. The van der Waals surface area contributed by atoms with Crippen molar-refractivity contribution in [3.8, 4) is 11.5 Å².